The second-order valence-electron chi connectivity index (χ2n) is 4.88. The zero-order valence-corrected chi connectivity index (χ0v) is 13.5. The Bertz CT molecular complexity index is 734. The van der Waals surface area contributed by atoms with Crippen molar-refractivity contribution in [3.8, 4) is 5.75 Å². The number of sulfonamides is 1. The average molecular weight is 317 g/mol. The van der Waals surface area contributed by atoms with Crippen molar-refractivity contribution in [1.29, 1.82) is 0 Å². The second kappa shape index (κ2) is 6.66. The predicted molar refractivity (Wildman–Crippen MR) is 88.9 cm³/mol. The van der Waals surface area contributed by atoms with Gasteiger partial charge in [0.15, 0.2) is 0 Å². The summed E-state index contributed by atoms with van der Waals surface area (Å²) in [7, 11) is -2.03. The molecule has 0 fully saturated rings. The van der Waals surface area contributed by atoms with Crippen molar-refractivity contribution in [2.24, 2.45) is 0 Å². The number of nitrogens with zero attached hydrogens (tertiary/aromatic N) is 1. The van der Waals surface area contributed by atoms with Gasteiger partial charge in [0.25, 0.3) is 10.0 Å². The summed E-state index contributed by atoms with van der Waals surface area (Å²) < 4.78 is 31.8. The van der Waals surface area contributed by atoms with E-state index in [0.717, 1.165) is 5.56 Å². The number of anilines is 1. The number of ether oxygens (including phenoxy) is 1. The minimum atomic E-state index is -3.56. The summed E-state index contributed by atoms with van der Waals surface area (Å²) in [6.45, 7) is 5.91. The molecule has 0 saturated carbocycles. The Balaban J connectivity index is 2.24. The van der Waals surface area contributed by atoms with Gasteiger partial charge in [-0.05, 0) is 43.3 Å². The van der Waals surface area contributed by atoms with Crippen molar-refractivity contribution in [3.05, 3.63) is 66.7 Å². The normalized spacial score (nSPS) is 11.0. The molecular formula is C17H19NO3S. The summed E-state index contributed by atoms with van der Waals surface area (Å²) in [6.07, 6.45) is 1.65. The lowest BCUT2D eigenvalue weighted by Gasteiger charge is -2.20. The Kier molecular flexibility index (Phi) is 4.88. The summed E-state index contributed by atoms with van der Waals surface area (Å²) in [5.41, 5.74) is 1.59. The van der Waals surface area contributed by atoms with Gasteiger partial charge in [-0.25, -0.2) is 8.42 Å². The van der Waals surface area contributed by atoms with E-state index in [2.05, 4.69) is 6.58 Å². The minimum Gasteiger partial charge on any atom is -0.490 e. The Morgan fingerprint density at radius 3 is 2.23 bits per heavy atom. The number of aryl methyl sites for hydroxylation is 1. The molecule has 0 aromatic heterocycles. The molecule has 0 saturated heterocycles. The Labute approximate surface area is 131 Å². The maximum Gasteiger partial charge on any atom is 0.264 e. The smallest absolute Gasteiger partial charge is 0.264 e. The lowest BCUT2D eigenvalue weighted by molar-refractivity contribution is 0.363. The molecule has 116 valence electrons. The van der Waals surface area contributed by atoms with Crippen LogP contribution in [-0.2, 0) is 10.0 Å². The summed E-state index contributed by atoms with van der Waals surface area (Å²) in [6, 6.07) is 13.7. The molecule has 0 radical (unpaired) electrons. The molecule has 0 aliphatic heterocycles. The number of benzene rings is 2. The molecule has 4 nitrogen and oxygen atoms in total. The van der Waals surface area contributed by atoms with E-state index < -0.39 is 10.0 Å². The summed E-state index contributed by atoms with van der Waals surface area (Å²) in [5, 5.41) is 0. The first kappa shape index (κ1) is 16.1. The van der Waals surface area contributed by atoms with Gasteiger partial charge in [0.1, 0.15) is 12.4 Å². The molecular weight excluding hydrogens is 298 g/mol. The molecule has 0 bridgehead atoms. The molecule has 0 heterocycles. The molecule has 0 atom stereocenters. The molecule has 0 unspecified atom stereocenters. The van der Waals surface area contributed by atoms with Gasteiger partial charge in [-0.1, -0.05) is 30.4 Å². The summed E-state index contributed by atoms with van der Waals surface area (Å²) in [4.78, 5) is 0.271. The van der Waals surface area contributed by atoms with Crippen LogP contribution >= 0.6 is 0 Å². The molecule has 2 aromatic carbocycles. The molecule has 0 spiro atoms. The van der Waals surface area contributed by atoms with Crippen molar-refractivity contribution in [1.82, 2.24) is 0 Å². The van der Waals surface area contributed by atoms with Crippen molar-refractivity contribution >= 4 is 15.7 Å². The molecule has 22 heavy (non-hydrogen) atoms. The van der Waals surface area contributed by atoms with Gasteiger partial charge in [-0.2, -0.15) is 0 Å². The van der Waals surface area contributed by atoms with Crippen molar-refractivity contribution < 1.29 is 13.2 Å². The first-order chi connectivity index (χ1) is 10.4. The summed E-state index contributed by atoms with van der Waals surface area (Å²) in [5.74, 6) is 0.671. The van der Waals surface area contributed by atoms with Gasteiger partial charge < -0.3 is 4.74 Å². The quantitative estimate of drug-likeness (QED) is 0.767. The van der Waals surface area contributed by atoms with Gasteiger partial charge in [0, 0.05) is 7.05 Å². The predicted octanol–water partition coefficient (Wildman–Crippen LogP) is 3.38. The van der Waals surface area contributed by atoms with E-state index in [9.17, 15) is 8.42 Å². The van der Waals surface area contributed by atoms with Crippen LogP contribution in [0.4, 0.5) is 5.69 Å². The third-order valence-electron chi connectivity index (χ3n) is 3.25. The highest BCUT2D eigenvalue weighted by molar-refractivity contribution is 7.92. The monoisotopic (exact) mass is 317 g/mol. The van der Waals surface area contributed by atoms with Crippen molar-refractivity contribution in [3.63, 3.8) is 0 Å². The van der Waals surface area contributed by atoms with Crippen LogP contribution in [0.5, 0.6) is 5.75 Å². The van der Waals surface area contributed by atoms with Gasteiger partial charge in [-0.15, -0.1) is 0 Å². The van der Waals surface area contributed by atoms with E-state index in [1.807, 2.05) is 6.92 Å². The van der Waals surface area contributed by atoms with Crippen LogP contribution in [0, 0.1) is 6.92 Å². The fourth-order valence-corrected chi connectivity index (χ4v) is 3.11. The first-order valence-electron chi connectivity index (χ1n) is 6.84. The molecule has 5 heteroatoms. The number of rotatable bonds is 6. The fraction of sp³-hybridized carbons (Fsp3) is 0.176. The van der Waals surface area contributed by atoms with E-state index in [4.69, 9.17) is 4.74 Å². The van der Waals surface area contributed by atoms with Gasteiger partial charge >= 0.3 is 0 Å². The maximum atomic E-state index is 12.6. The highest BCUT2D eigenvalue weighted by Crippen LogP contribution is 2.24. The Hall–Kier alpha value is -2.27. The third-order valence-corrected chi connectivity index (χ3v) is 5.05. The van der Waals surface area contributed by atoms with Gasteiger partial charge in [0.05, 0.1) is 10.6 Å². The molecule has 0 aliphatic carbocycles. The van der Waals surface area contributed by atoms with Gasteiger partial charge in [-0.3, -0.25) is 4.31 Å². The maximum absolute atomic E-state index is 12.6. The van der Waals surface area contributed by atoms with Gasteiger partial charge in [0.2, 0.25) is 0 Å². The molecule has 0 amide bonds. The number of hydrogen-bond acceptors (Lipinski definition) is 3. The van der Waals surface area contributed by atoms with Crippen LogP contribution < -0.4 is 9.04 Å². The average Bonchev–Trinajstić information content (AvgIpc) is 2.53. The van der Waals surface area contributed by atoms with E-state index in [1.165, 1.54) is 11.4 Å². The first-order valence-corrected chi connectivity index (χ1v) is 8.28. The van der Waals surface area contributed by atoms with Crippen LogP contribution in [0.2, 0.25) is 0 Å². The van der Waals surface area contributed by atoms with E-state index >= 15 is 0 Å². The molecule has 0 aliphatic rings. The van der Waals surface area contributed by atoms with Crippen LogP contribution in [0.25, 0.3) is 0 Å². The largest absolute Gasteiger partial charge is 0.490 e. The van der Waals surface area contributed by atoms with Crippen LogP contribution in [0.3, 0.4) is 0 Å². The van der Waals surface area contributed by atoms with E-state index in [0.29, 0.717) is 18.0 Å². The van der Waals surface area contributed by atoms with Crippen LogP contribution in [0.1, 0.15) is 5.56 Å². The Morgan fingerprint density at radius 2 is 1.68 bits per heavy atom. The Morgan fingerprint density at radius 1 is 1.09 bits per heavy atom. The third kappa shape index (κ3) is 3.49. The molecule has 2 rings (SSSR count). The minimum absolute atomic E-state index is 0.271. The van der Waals surface area contributed by atoms with E-state index in [-0.39, 0.29) is 4.90 Å². The summed E-state index contributed by atoms with van der Waals surface area (Å²) >= 11 is 0. The van der Waals surface area contributed by atoms with Crippen molar-refractivity contribution in [2.45, 2.75) is 11.8 Å². The van der Waals surface area contributed by atoms with Crippen LogP contribution in [0.15, 0.2) is 66.1 Å². The highest BCUT2D eigenvalue weighted by atomic mass is 32.2. The lowest BCUT2D eigenvalue weighted by atomic mass is 10.2. The van der Waals surface area contributed by atoms with E-state index in [1.54, 1.807) is 54.6 Å². The van der Waals surface area contributed by atoms with Crippen LogP contribution in [-0.4, -0.2) is 22.1 Å². The second-order valence-corrected chi connectivity index (χ2v) is 6.85. The lowest BCUT2D eigenvalue weighted by Crippen LogP contribution is -2.26. The zero-order chi connectivity index (χ0) is 16.2. The molecule has 2 aromatic rings. The number of hydrogen-bond donors (Lipinski definition) is 0. The zero-order valence-electron chi connectivity index (χ0n) is 12.7. The molecule has 0 N–H and O–H groups in total. The topological polar surface area (TPSA) is 46.6 Å². The standard InChI is InChI=1S/C17H19NO3S/c1-4-13-21-16-9-7-15(8-10-16)18(3)22(19,20)17-11-5-14(2)6-12-17/h4-12H,1,13H2,2-3H3. The fourth-order valence-electron chi connectivity index (χ4n) is 1.91. The van der Waals surface area contributed by atoms with Crippen molar-refractivity contribution in [2.75, 3.05) is 18.0 Å². The SMILES string of the molecule is C=CCOc1ccc(N(C)S(=O)(=O)c2ccc(C)cc2)cc1. The highest BCUT2D eigenvalue weighted by Gasteiger charge is 2.20.